The molecule has 0 aromatic heterocycles. The Morgan fingerprint density at radius 1 is 0.485 bits per heavy atom. The number of rotatable bonds is 10. The molecule has 0 N–H and O–H groups in total. The lowest BCUT2D eigenvalue weighted by Crippen LogP contribution is -1.94. The summed E-state index contributed by atoms with van der Waals surface area (Å²) in [6, 6.07) is 27.6. The molecule has 0 aliphatic carbocycles. The lowest BCUT2D eigenvalue weighted by Gasteiger charge is -2.09. The molecule has 33 heavy (non-hydrogen) atoms. The van der Waals surface area contributed by atoms with Crippen LogP contribution in [0.3, 0.4) is 0 Å². The van der Waals surface area contributed by atoms with Crippen molar-refractivity contribution < 1.29 is 0 Å². The van der Waals surface area contributed by atoms with Gasteiger partial charge in [-0.2, -0.15) is 0 Å². The van der Waals surface area contributed by atoms with Crippen LogP contribution in [0.5, 0.6) is 0 Å². The van der Waals surface area contributed by atoms with E-state index in [1.54, 1.807) is 11.1 Å². The van der Waals surface area contributed by atoms with Crippen LogP contribution in [0.2, 0.25) is 0 Å². The lowest BCUT2D eigenvalue weighted by molar-refractivity contribution is 0.660. The zero-order valence-corrected chi connectivity index (χ0v) is 22.1. The minimum Gasteiger partial charge on any atom is -0.0654 e. The van der Waals surface area contributed by atoms with Gasteiger partial charge in [0.2, 0.25) is 0 Å². The van der Waals surface area contributed by atoms with Crippen molar-refractivity contribution in [3.05, 3.63) is 107 Å². The van der Waals surface area contributed by atoms with Crippen LogP contribution >= 0.6 is 0 Å². The largest absolute Gasteiger partial charge is 0.0654 e. The normalized spacial score (nSPS) is 9.97. The fraction of sp³-hybridized carbons (Fsp3) is 0.455. The van der Waals surface area contributed by atoms with Gasteiger partial charge in [0.05, 0.1) is 0 Å². The summed E-state index contributed by atoms with van der Waals surface area (Å²) in [6.07, 6.45) is 13.4. The highest BCUT2D eigenvalue weighted by atomic mass is 14.1. The fourth-order valence-electron chi connectivity index (χ4n) is 3.72. The first-order valence-corrected chi connectivity index (χ1v) is 13.2. The average Bonchev–Trinajstić information content (AvgIpc) is 2.83. The topological polar surface area (TPSA) is 0 Å². The molecule has 0 aliphatic rings. The van der Waals surface area contributed by atoms with Gasteiger partial charge in [-0.05, 0) is 63.1 Å². The first-order valence-electron chi connectivity index (χ1n) is 13.2. The van der Waals surface area contributed by atoms with Gasteiger partial charge in [-0.3, -0.25) is 0 Å². The maximum Gasteiger partial charge on any atom is -0.0276 e. The molecule has 0 atom stereocenters. The lowest BCUT2D eigenvalue weighted by atomic mass is 9.97. The zero-order chi connectivity index (χ0) is 24.2. The monoisotopic (exact) mass is 444 g/mol. The van der Waals surface area contributed by atoms with Crippen LogP contribution < -0.4 is 0 Å². The third-order valence-electron chi connectivity index (χ3n) is 5.91. The second-order valence-corrected chi connectivity index (χ2v) is 9.19. The Morgan fingerprint density at radius 2 is 0.970 bits per heavy atom. The molecule has 0 saturated carbocycles. The van der Waals surface area contributed by atoms with E-state index in [0.29, 0.717) is 0 Å². The van der Waals surface area contributed by atoms with Crippen molar-refractivity contribution in [3.63, 3.8) is 0 Å². The standard InChI is InChI=1S/C19H32.2C7H8/c1-4-6-8-10-12-18-15-14-17(3)19(16-18)13-11-9-7-5-2;2*1-7-5-3-2-4-6-7/h14-16H,4-13H2,1-3H3;2*2-6H,1H3. The SMILES string of the molecule is CCCCCCc1ccc(C)c(CCCCCC)c1.Cc1ccccc1.Cc1ccccc1. The third kappa shape index (κ3) is 15.2. The van der Waals surface area contributed by atoms with Crippen molar-refractivity contribution in [1.82, 2.24) is 0 Å². The molecule has 3 aromatic carbocycles. The molecular formula is C33H48. The quantitative estimate of drug-likeness (QED) is 0.273. The molecule has 0 amide bonds. The predicted molar refractivity (Wildman–Crippen MR) is 149 cm³/mol. The first kappa shape index (κ1) is 28.7. The van der Waals surface area contributed by atoms with E-state index in [-0.39, 0.29) is 0 Å². The van der Waals surface area contributed by atoms with E-state index in [2.05, 4.69) is 77.1 Å². The summed E-state index contributed by atoms with van der Waals surface area (Å²) in [7, 11) is 0. The van der Waals surface area contributed by atoms with E-state index < -0.39 is 0 Å². The van der Waals surface area contributed by atoms with Gasteiger partial charge in [-0.1, -0.05) is 142 Å². The smallest absolute Gasteiger partial charge is 0.0276 e. The highest BCUT2D eigenvalue weighted by Gasteiger charge is 2.01. The van der Waals surface area contributed by atoms with Gasteiger partial charge in [-0.25, -0.2) is 0 Å². The maximum atomic E-state index is 2.47. The highest BCUT2D eigenvalue weighted by molar-refractivity contribution is 5.31. The molecule has 0 fully saturated rings. The molecule has 0 aliphatic heterocycles. The summed E-state index contributed by atoms with van der Waals surface area (Å²) in [5.41, 5.74) is 7.26. The van der Waals surface area contributed by atoms with Gasteiger partial charge in [0, 0.05) is 0 Å². The van der Waals surface area contributed by atoms with Gasteiger partial charge in [0.1, 0.15) is 0 Å². The second kappa shape index (κ2) is 19.2. The van der Waals surface area contributed by atoms with Gasteiger partial charge in [0.15, 0.2) is 0 Å². The van der Waals surface area contributed by atoms with E-state index in [1.165, 1.54) is 80.9 Å². The van der Waals surface area contributed by atoms with Crippen molar-refractivity contribution in [2.45, 2.75) is 98.8 Å². The fourth-order valence-corrected chi connectivity index (χ4v) is 3.72. The highest BCUT2D eigenvalue weighted by Crippen LogP contribution is 2.17. The predicted octanol–water partition coefficient (Wildman–Crippen LogP) is 10.2. The third-order valence-corrected chi connectivity index (χ3v) is 5.91. The Balaban J connectivity index is 0.000000313. The second-order valence-electron chi connectivity index (χ2n) is 9.19. The van der Waals surface area contributed by atoms with Crippen LogP contribution in [0, 0.1) is 20.8 Å². The van der Waals surface area contributed by atoms with E-state index in [0.717, 1.165) is 0 Å². The number of hydrogen-bond donors (Lipinski definition) is 0. The molecule has 180 valence electrons. The van der Waals surface area contributed by atoms with Crippen LogP contribution in [0.25, 0.3) is 0 Å². The Morgan fingerprint density at radius 3 is 1.39 bits per heavy atom. The van der Waals surface area contributed by atoms with Gasteiger partial charge < -0.3 is 0 Å². The van der Waals surface area contributed by atoms with Crippen molar-refractivity contribution in [3.8, 4) is 0 Å². The van der Waals surface area contributed by atoms with Gasteiger partial charge >= 0.3 is 0 Å². The number of benzene rings is 3. The average molecular weight is 445 g/mol. The number of unbranched alkanes of at least 4 members (excludes halogenated alkanes) is 6. The van der Waals surface area contributed by atoms with E-state index in [1.807, 2.05) is 36.4 Å². The molecule has 0 heterocycles. The van der Waals surface area contributed by atoms with Crippen LogP contribution in [-0.4, -0.2) is 0 Å². The van der Waals surface area contributed by atoms with Crippen LogP contribution in [-0.2, 0) is 12.8 Å². The number of aryl methyl sites for hydroxylation is 5. The number of hydrogen-bond acceptors (Lipinski definition) is 0. The molecule has 0 radical (unpaired) electrons. The van der Waals surface area contributed by atoms with E-state index >= 15 is 0 Å². The maximum absolute atomic E-state index is 2.47. The molecular weight excluding hydrogens is 396 g/mol. The Labute approximate surface area is 205 Å². The molecule has 3 rings (SSSR count). The molecule has 0 saturated heterocycles. The van der Waals surface area contributed by atoms with Gasteiger partial charge in [0.25, 0.3) is 0 Å². The summed E-state index contributed by atoms with van der Waals surface area (Å²) in [5.74, 6) is 0. The van der Waals surface area contributed by atoms with Crippen molar-refractivity contribution in [2.24, 2.45) is 0 Å². The molecule has 0 nitrogen and oxygen atoms in total. The van der Waals surface area contributed by atoms with Gasteiger partial charge in [-0.15, -0.1) is 0 Å². The van der Waals surface area contributed by atoms with Crippen LogP contribution in [0.1, 0.15) is 93.0 Å². The summed E-state index contributed by atoms with van der Waals surface area (Å²) in [4.78, 5) is 0. The minimum absolute atomic E-state index is 1.27. The Kier molecular flexibility index (Phi) is 16.7. The molecule has 3 aromatic rings. The van der Waals surface area contributed by atoms with Crippen molar-refractivity contribution in [1.29, 1.82) is 0 Å². The van der Waals surface area contributed by atoms with Crippen molar-refractivity contribution in [2.75, 3.05) is 0 Å². The summed E-state index contributed by atoms with van der Waals surface area (Å²) >= 11 is 0. The van der Waals surface area contributed by atoms with Crippen LogP contribution in [0.4, 0.5) is 0 Å². The zero-order valence-electron chi connectivity index (χ0n) is 22.1. The molecule has 0 unspecified atom stereocenters. The summed E-state index contributed by atoms with van der Waals surface area (Å²) in [5, 5.41) is 0. The summed E-state index contributed by atoms with van der Waals surface area (Å²) < 4.78 is 0. The molecule has 0 spiro atoms. The first-order chi connectivity index (χ1) is 16.1. The molecule has 0 bridgehead atoms. The summed E-state index contributed by atoms with van der Waals surface area (Å²) in [6.45, 7) is 11.0. The van der Waals surface area contributed by atoms with E-state index in [9.17, 15) is 0 Å². The Hall–Kier alpha value is -2.34. The van der Waals surface area contributed by atoms with Crippen molar-refractivity contribution >= 4 is 0 Å². The van der Waals surface area contributed by atoms with Crippen LogP contribution in [0.15, 0.2) is 78.9 Å². The van der Waals surface area contributed by atoms with E-state index in [4.69, 9.17) is 0 Å². The minimum atomic E-state index is 1.27. The Bertz CT molecular complexity index is 780. The molecule has 0 heteroatoms.